The van der Waals surface area contributed by atoms with E-state index in [1.54, 1.807) is 0 Å². The molecule has 0 aliphatic heterocycles. The highest BCUT2D eigenvalue weighted by atomic mass is 16.5. The molecule has 1 aliphatic rings. The zero-order valence-electron chi connectivity index (χ0n) is 20.2. The lowest BCUT2D eigenvalue weighted by atomic mass is 9.75. The summed E-state index contributed by atoms with van der Waals surface area (Å²) in [5, 5.41) is 20.1. The molecule has 0 saturated heterocycles. The van der Waals surface area contributed by atoms with Gasteiger partial charge in [0.15, 0.2) is 0 Å². The highest BCUT2D eigenvalue weighted by molar-refractivity contribution is 5.43. The van der Waals surface area contributed by atoms with Crippen LogP contribution < -0.4 is 4.74 Å². The molecule has 1 saturated carbocycles. The second-order valence-corrected chi connectivity index (χ2v) is 10.3. The molecule has 3 atom stereocenters. The summed E-state index contributed by atoms with van der Waals surface area (Å²) in [7, 11) is 0. The van der Waals surface area contributed by atoms with Crippen molar-refractivity contribution in [3.8, 4) is 5.75 Å². The van der Waals surface area contributed by atoms with E-state index < -0.39 is 0 Å². The summed E-state index contributed by atoms with van der Waals surface area (Å²) in [5.41, 5.74) is 3.73. The Morgan fingerprint density at radius 2 is 1.75 bits per heavy atom. The van der Waals surface area contributed by atoms with Crippen LogP contribution >= 0.6 is 0 Å². The van der Waals surface area contributed by atoms with Gasteiger partial charge in [-0.05, 0) is 65.7 Å². The molecular weight excluding hydrogens is 396 g/mol. The molecule has 0 spiro atoms. The molecule has 1 aliphatic carbocycles. The Morgan fingerprint density at radius 1 is 0.969 bits per heavy atom. The van der Waals surface area contributed by atoms with Crippen molar-refractivity contribution in [3.05, 3.63) is 65.2 Å². The van der Waals surface area contributed by atoms with E-state index in [1.165, 1.54) is 43.2 Å². The van der Waals surface area contributed by atoms with E-state index in [0.29, 0.717) is 13.0 Å². The zero-order chi connectivity index (χ0) is 23.0. The van der Waals surface area contributed by atoms with Crippen LogP contribution in [0.2, 0.25) is 0 Å². The van der Waals surface area contributed by atoms with E-state index in [4.69, 9.17) is 4.74 Å². The van der Waals surface area contributed by atoms with Crippen LogP contribution in [0.1, 0.15) is 94.7 Å². The minimum Gasteiger partial charge on any atom is -0.489 e. The molecule has 2 N–H and O–H groups in total. The normalized spacial score (nSPS) is 21.5. The minimum absolute atomic E-state index is 0.0941. The van der Waals surface area contributed by atoms with Crippen molar-refractivity contribution in [1.29, 1.82) is 0 Å². The lowest BCUT2D eigenvalue weighted by Gasteiger charge is -2.33. The summed E-state index contributed by atoms with van der Waals surface area (Å²) in [6.07, 6.45) is 8.23. The van der Waals surface area contributed by atoms with Gasteiger partial charge in [-0.3, -0.25) is 0 Å². The number of aliphatic hydroxyl groups excluding tert-OH is 2. The first kappa shape index (κ1) is 24.8. The first-order valence-electron chi connectivity index (χ1n) is 12.5. The van der Waals surface area contributed by atoms with Gasteiger partial charge in [0.1, 0.15) is 12.4 Å². The summed E-state index contributed by atoms with van der Waals surface area (Å²) in [6.45, 7) is 7.59. The van der Waals surface area contributed by atoms with Crippen LogP contribution in [0.5, 0.6) is 5.75 Å². The monoisotopic (exact) mass is 438 g/mol. The molecule has 32 heavy (non-hydrogen) atoms. The molecule has 2 aromatic carbocycles. The molecule has 2 aromatic rings. The molecule has 0 heterocycles. The van der Waals surface area contributed by atoms with Crippen LogP contribution in [-0.2, 0) is 12.0 Å². The molecule has 3 nitrogen and oxygen atoms in total. The maximum Gasteiger partial charge on any atom is 0.123 e. The molecule has 0 bridgehead atoms. The predicted molar refractivity (Wildman–Crippen MR) is 132 cm³/mol. The van der Waals surface area contributed by atoms with Crippen molar-refractivity contribution in [2.45, 2.75) is 96.2 Å². The van der Waals surface area contributed by atoms with Crippen LogP contribution in [-0.4, -0.2) is 22.9 Å². The summed E-state index contributed by atoms with van der Waals surface area (Å²) in [6, 6.07) is 17.0. The summed E-state index contributed by atoms with van der Waals surface area (Å²) >= 11 is 0. The Balaban J connectivity index is 1.84. The second kappa shape index (κ2) is 11.9. The fraction of sp³-hybridized carbons (Fsp3) is 0.586. The van der Waals surface area contributed by atoms with Crippen molar-refractivity contribution >= 4 is 0 Å². The SMILES string of the molecule is CCCCCCC(C)(C)c1ccc([C@@H]2C[C@H](O)C[C@H](CO)C2)c(OCc2ccccc2)c1. The van der Waals surface area contributed by atoms with E-state index in [9.17, 15) is 10.2 Å². The Kier molecular flexibility index (Phi) is 9.19. The molecule has 1 fully saturated rings. The van der Waals surface area contributed by atoms with Gasteiger partial charge in [0, 0.05) is 6.61 Å². The van der Waals surface area contributed by atoms with E-state index in [2.05, 4.69) is 51.1 Å². The Bertz CT molecular complexity index is 814. The number of benzene rings is 2. The van der Waals surface area contributed by atoms with E-state index >= 15 is 0 Å². The second-order valence-electron chi connectivity index (χ2n) is 10.3. The third kappa shape index (κ3) is 6.83. The topological polar surface area (TPSA) is 49.7 Å². The van der Waals surface area contributed by atoms with Crippen molar-refractivity contribution in [2.24, 2.45) is 5.92 Å². The van der Waals surface area contributed by atoms with E-state index in [1.807, 2.05) is 18.2 Å². The van der Waals surface area contributed by atoms with Gasteiger partial charge in [-0.1, -0.05) is 88.9 Å². The summed E-state index contributed by atoms with van der Waals surface area (Å²) < 4.78 is 6.42. The fourth-order valence-corrected chi connectivity index (χ4v) is 5.10. The Labute approximate surface area is 194 Å². The largest absolute Gasteiger partial charge is 0.489 e. The number of aliphatic hydroxyl groups is 2. The third-order valence-electron chi connectivity index (χ3n) is 7.17. The Hall–Kier alpha value is -1.84. The average Bonchev–Trinajstić information content (AvgIpc) is 2.80. The first-order valence-corrected chi connectivity index (χ1v) is 12.5. The summed E-state index contributed by atoms with van der Waals surface area (Å²) in [4.78, 5) is 0. The van der Waals surface area contributed by atoms with Gasteiger partial charge in [-0.2, -0.15) is 0 Å². The average molecular weight is 439 g/mol. The van der Waals surface area contributed by atoms with Gasteiger partial charge in [-0.15, -0.1) is 0 Å². The van der Waals surface area contributed by atoms with Gasteiger partial charge in [0.2, 0.25) is 0 Å². The van der Waals surface area contributed by atoms with Crippen molar-refractivity contribution < 1.29 is 14.9 Å². The van der Waals surface area contributed by atoms with Crippen molar-refractivity contribution in [2.75, 3.05) is 6.61 Å². The molecule has 176 valence electrons. The number of rotatable bonds is 11. The van der Waals surface area contributed by atoms with Gasteiger partial charge in [-0.25, -0.2) is 0 Å². The number of ether oxygens (including phenoxy) is 1. The lowest BCUT2D eigenvalue weighted by Crippen LogP contribution is -2.27. The predicted octanol–water partition coefficient (Wildman–Crippen LogP) is 6.75. The number of hydrogen-bond donors (Lipinski definition) is 2. The highest BCUT2D eigenvalue weighted by Gasteiger charge is 2.31. The highest BCUT2D eigenvalue weighted by Crippen LogP contribution is 2.42. The molecule has 0 unspecified atom stereocenters. The van der Waals surface area contributed by atoms with E-state index in [-0.39, 0.29) is 30.0 Å². The molecule has 3 heteroatoms. The first-order chi connectivity index (χ1) is 15.4. The molecule has 0 aromatic heterocycles. The summed E-state index contributed by atoms with van der Waals surface area (Å²) in [5.74, 6) is 1.30. The molecular formula is C29H42O3. The fourth-order valence-electron chi connectivity index (χ4n) is 5.10. The van der Waals surface area contributed by atoms with Crippen LogP contribution in [0.4, 0.5) is 0 Å². The van der Waals surface area contributed by atoms with Gasteiger partial charge in [0.25, 0.3) is 0 Å². The maximum absolute atomic E-state index is 10.4. The van der Waals surface area contributed by atoms with Gasteiger partial charge < -0.3 is 14.9 Å². The number of hydrogen-bond acceptors (Lipinski definition) is 3. The van der Waals surface area contributed by atoms with Crippen molar-refractivity contribution in [3.63, 3.8) is 0 Å². The standard InChI is InChI=1S/C29H42O3/c1-4-5-6-10-15-29(2,3)25-13-14-27(24-16-23(20-30)17-26(31)18-24)28(19-25)32-21-22-11-8-7-9-12-22/h7-9,11-14,19,23-24,26,30-31H,4-6,10,15-18,20-21H2,1-3H3/t23-,24+,26-/m1/s1. The van der Waals surface area contributed by atoms with Gasteiger partial charge >= 0.3 is 0 Å². The third-order valence-corrected chi connectivity index (χ3v) is 7.17. The van der Waals surface area contributed by atoms with Crippen LogP contribution in [0.25, 0.3) is 0 Å². The van der Waals surface area contributed by atoms with Gasteiger partial charge in [0.05, 0.1) is 6.10 Å². The van der Waals surface area contributed by atoms with Crippen LogP contribution in [0.3, 0.4) is 0 Å². The van der Waals surface area contributed by atoms with Crippen molar-refractivity contribution in [1.82, 2.24) is 0 Å². The lowest BCUT2D eigenvalue weighted by molar-refractivity contribution is 0.0643. The quantitative estimate of drug-likeness (QED) is 0.381. The maximum atomic E-state index is 10.4. The van der Waals surface area contributed by atoms with Crippen LogP contribution in [0, 0.1) is 5.92 Å². The molecule has 3 rings (SSSR count). The van der Waals surface area contributed by atoms with Crippen LogP contribution in [0.15, 0.2) is 48.5 Å². The zero-order valence-corrected chi connectivity index (χ0v) is 20.2. The molecule has 0 amide bonds. The Morgan fingerprint density at radius 3 is 2.47 bits per heavy atom. The van der Waals surface area contributed by atoms with E-state index in [0.717, 1.165) is 24.2 Å². The molecule has 0 radical (unpaired) electrons. The minimum atomic E-state index is -0.359. The number of unbranched alkanes of at least 4 members (excludes halogenated alkanes) is 3. The smallest absolute Gasteiger partial charge is 0.123 e.